The molecule has 0 aromatic carbocycles. The van der Waals surface area contributed by atoms with Crippen molar-refractivity contribution in [3.8, 4) is 0 Å². The number of anilines is 1. The summed E-state index contributed by atoms with van der Waals surface area (Å²) in [5, 5.41) is 12.7. The highest BCUT2D eigenvalue weighted by Gasteiger charge is 2.26. The second-order valence-electron chi connectivity index (χ2n) is 5.42. The summed E-state index contributed by atoms with van der Waals surface area (Å²) in [5.41, 5.74) is 0.461. The van der Waals surface area contributed by atoms with Crippen LogP contribution >= 0.6 is 0 Å². The lowest BCUT2D eigenvalue weighted by molar-refractivity contribution is 0.0691. The van der Waals surface area contributed by atoms with Gasteiger partial charge in [-0.15, -0.1) is 0 Å². The van der Waals surface area contributed by atoms with E-state index in [1.54, 1.807) is 6.20 Å². The molecule has 0 radical (unpaired) electrons. The number of hydrogen-bond donors (Lipinski definition) is 2. The molecule has 0 spiro atoms. The van der Waals surface area contributed by atoms with Crippen molar-refractivity contribution in [1.29, 1.82) is 0 Å². The molecular formula is C15H25N3O2. The first-order valence-corrected chi connectivity index (χ1v) is 7.27. The van der Waals surface area contributed by atoms with Gasteiger partial charge in [0.2, 0.25) is 0 Å². The lowest BCUT2D eigenvalue weighted by Gasteiger charge is -2.33. The molecule has 0 fully saturated rings. The van der Waals surface area contributed by atoms with Crippen molar-refractivity contribution in [1.82, 2.24) is 9.97 Å². The van der Waals surface area contributed by atoms with Gasteiger partial charge in [-0.1, -0.05) is 34.6 Å². The van der Waals surface area contributed by atoms with Gasteiger partial charge in [0.25, 0.3) is 0 Å². The van der Waals surface area contributed by atoms with Gasteiger partial charge >= 0.3 is 5.97 Å². The Morgan fingerprint density at radius 1 is 1.30 bits per heavy atom. The van der Waals surface area contributed by atoms with E-state index in [9.17, 15) is 9.90 Å². The van der Waals surface area contributed by atoms with Crippen LogP contribution in [-0.2, 0) is 0 Å². The van der Waals surface area contributed by atoms with Gasteiger partial charge in [-0.3, -0.25) is 0 Å². The van der Waals surface area contributed by atoms with E-state index in [0.717, 1.165) is 19.3 Å². The fourth-order valence-electron chi connectivity index (χ4n) is 2.23. The van der Waals surface area contributed by atoms with E-state index in [0.29, 0.717) is 11.5 Å². The highest BCUT2D eigenvalue weighted by atomic mass is 16.4. The zero-order valence-corrected chi connectivity index (χ0v) is 13.0. The Labute approximate surface area is 120 Å². The number of carboxylic acids is 1. The average Bonchev–Trinajstić information content (AvgIpc) is 2.44. The molecule has 1 aromatic heterocycles. The van der Waals surface area contributed by atoms with Gasteiger partial charge in [-0.2, -0.15) is 0 Å². The lowest BCUT2D eigenvalue weighted by Crippen LogP contribution is -2.37. The number of rotatable bonds is 7. The molecule has 1 heterocycles. The summed E-state index contributed by atoms with van der Waals surface area (Å²) in [6, 6.07) is 0. The van der Waals surface area contributed by atoms with Gasteiger partial charge in [-0.25, -0.2) is 14.8 Å². The SMILES string of the molecule is CCC(CC)(CC)Nc1cnc(C(C)C)nc1C(=O)O. The van der Waals surface area contributed by atoms with Gasteiger partial charge < -0.3 is 10.4 Å². The maximum absolute atomic E-state index is 11.4. The molecule has 0 saturated carbocycles. The third-order valence-electron chi connectivity index (χ3n) is 3.96. The molecule has 5 nitrogen and oxygen atoms in total. The van der Waals surface area contributed by atoms with Crippen LogP contribution in [0, 0.1) is 0 Å². The van der Waals surface area contributed by atoms with Crippen molar-refractivity contribution >= 4 is 11.7 Å². The first-order valence-electron chi connectivity index (χ1n) is 7.27. The second kappa shape index (κ2) is 6.68. The molecular weight excluding hydrogens is 254 g/mol. The third-order valence-corrected chi connectivity index (χ3v) is 3.96. The summed E-state index contributed by atoms with van der Waals surface area (Å²) in [6.45, 7) is 10.2. The number of carboxylic acid groups (broad SMARTS) is 1. The fraction of sp³-hybridized carbons (Fsp3) is 0.667. The molecule has 0 aliphatic rings. The molecule has 0 atom stereocenters. The van der Waals surface area contributed by atoms with Crippen LogP contribution in [0.25, 0.3) is 0 Å². The minimum Gasteiger partial charge on any atom is -0.476 e. The van der Waals surface area contributed by atoms with Crippen molar-refractivity contribution in [2.75, 3.05) is 5.32 Å². The summed E-state index contributed by atoms with van der Waals surface area (Å²) in [5.74, 6) is -0.354. The largest absolute Gasteiger partial charge is 0.476 e. The summed E-state index contributed by atoms with van der Waals surface area (Å²) < 4.78 is 0. The van der Waals surface area contributed by atoms with E-state index in [2.05, 4.69) is 36.1 Å². The topological polar surface area (TPSA) is 75.1 Å². The predicted molar refractivity (Wildman–Crippen MR) is 80.3 cm³/mol. The van der Waals surface area contributed by atoms with Gasteiger partial charge in [0.05, 0.1) is 11.9 Å². The van der Waals surface area contributed by atoms with Crippen LogP contribution in [0.2, 0.25) is 0 Å². The summed E-state index contributed by atoms with van der Waals surface area (Å²) in [7, 11) is 0. The van der Waals surface area contributed by atoms with Crippen molar-refractivity contribution in [2.24, 2.45) is 0 Å². The second-order valence-corrected chi connectivity index (χ2v) is 5.42. The van der Waals surface area contributed by atoms with Gasteiger partial charge in [0, 0.05) is 11.5 Å². The Kier molecular flexibility index (Phi) is 5.48. The van der Waals surface area contributed by atoms with Crippen molar-refractivity contribution in [3.63, 3.8) is 0 Å². The van der Waals surface area contributed by atoms with Crippen molar-refractivity contribution in [2.45, 2.75) is 65.3 Å². The Balaban J connectivity index is 3.21. The first-order chi connectivity index (χ1) is 9.39. The summed E-state index contributed by atoms with van der Waals surface area (Å²) in [6.07, 6.45) is 4.36. The van der Waals surface area contributed by atoms with Crippen LogP contribution < -0.4 is 5.32 Å². The molecule has 5 heteroatoms. The Hall–Kier alpha value is -1.65. The van der Waals surface area contributed by atoms with Gasteiger partial charge in [0.1, 0.15) is 5.82 Å². The minimum absolute atomic E-state index is 0.0587. The first kappa shape index (κ1) is 16.4. The lowest BCUT2D eigenvalue weighted by atomic mass is 9.89. The fourth-order valence-corrected chi connectivity index (χ4v) is 2.23. The van der Waals surface area contributed by atoms with E-state index < -0.39 is 5.97 Å². The van der Waals surface area contributed by atoms with Crippen LogP contribution in [0.5, 0.6) is 0 Å². The number of carbonyl (C=O) groups is 1. The molecule has 0 amide bonds. The highest BCUT2D eigenvalue weighted by Crippen LogP contribution is 2.27. The van der Waals surface area contributed by atoms with E-state index in [1.165, 1.54) is 0 Å². The Morgan fingerprint density at radius 3 is 2.25 bits per heavy atom. The molecule has 0 aliphatic heterocycles. The third kappa shape index (κ3) is 3.46. The summed E-state index contributed by atoms with van der Waals surface area (Å²) >= 11 is 0. The summed E-state index contributed by atoms with van der Waals surface area (Å²) in [4.78, 5) is 19.9. The van der Waals surface area contributed by atoms with E-state index in [-0.39, 0.29) is 17.2 Å². The van der Waals surface area contributed by atoms with Gasteiger partial charge in [-0.05, 0) is 19.3 Å². The number of nitrogens with zero attached hydrogens (tertiary/aromatic N) is 2. The normalized spacial score (nSPS) is 11.7. The van der Waals surface area contributed by atoms with Crippen LogP contribution in [0.1, 0.15) is 76.1 Å². The zero-order valence-electron chi connectivity index (χ0n) is 13.0. The molecule has 0 bridgehead atoms. The number of aromatic nitrogens is 2. The van der Waals surface area contributed by atoms with Gasteiger partial charge in [0.15, 0.2) is 5.69 Å². The molecule has 0 aliphatic carbocycles. The van der Waals surface area contributed by atoms with Crippen molar-refractivity contribution < 1.29 is 9.90 Å². The number of hydrogen-bond acceptors (Lipinski definition) is 4. The Morgan fingerprint density at radius 2 is 1.85 bits per heavy atom. The van der Waals surface area contributed by atoms with Crippen LogP contribution in [0.4, 0.5) is 5.69 Å². The van der Waals surface area contributed by atoms with E-state index in [4.69, 9.17) is 0 Å². The van der Waals surface area contributed by atoms with E-state index in [1.807, 2.05) is 13.8 Å². The molecule has 0 saturated heterocycles. The molecule has 20 heavy (non-hydrogen) atoms. The highest BCUT2D eigenvalue weighted by molar-refractivity contribution is 5.91. The predicted octanol–water partition coefficient (Wildman–Crippen LogP) is 3.68. The molecule has 112 valence electrons. The monoisotopic (exact) mass is 279 g/mol. The van der Waals surface area contributed by atoms with Crippen molar-refractivity contribution in [3.05, 3.63) is 17.7 Å². The van der Waals surface area contributed by atoms with Crippen LogP contribution in [0.15, 0.2) is 6.20 Å². The number of nitrogens with one attached hydrogen (secondary N) is 1. The molecule has 2 N–H and O–H groups in total. The van der Waals surface area contributed by atoms with Crippen LogP contribution in [-0.4, -0.2) is 26.6 Å². The average molecular weight is 279 g/mol. The maximum atomic E-state index is 11.4. The molecule has 1 aromatic rings. The standard InChI is InChI=1S/C15H25N3O2/c1-6-15(7-2,8-3)18-11-9-16-13(10(4)5)17-12(11)14(19)20/h9-10,18H,6-8H2,1-5H3,(H,19,20). The minimum atomic E-state index is -1.02. The molecule has 0 unspecified atom stereocenters. The zero-order chi connectivity index (χ0) is 15.3. The Bertz CT molecular complexity index is 460. The van der Waals surface area contributed by atoms with E-state index >= 15 is 0 Å². The quantitative estimate of drug-likeness (QED) is 0.796. The number of aromatic carboxylic acids is 1. The molecule has 1 rings (SSSR count). The maximum Gasteiger partial charge on any atom is 0.356 e. The van der Waals surface area contributed by atoms with Crippen LogP contribution in [0.3, 0.4) is 0 Å². The smallest absolute Gasteiger partial charge is 0.356 e.